The Balaban J connectivity index is 3.88. The molecule has 0 aliphatic carbocycles. The Morgan fingerprint density at radius 3 is 2.55 bits per heavy atom. The Morgan fingerprint density at radius 2 is 2.18 bits per heavy atom. The Hall–Kier alpha value is -0.600. The first kappa shape index (κ1) is 10.4. The summed E-state index contributed by atoms with van der Waals surface area (Å²) in [5.74, 6) is -0.772. The van der Waals surface area contributed by atoms with Crippen molar-refractivity contribution in [3.63, 3.8) is 0 Å². The first-order valence-corrected chi connectivity index (χ1v) is 3.82. The van der Waals surface area contributed by atoms with Crippen molar-refractivity contribution in [1.82, 2.24) is 0 Å². The third kappa shape index (κ3) is 3.35. The van der Waals surface area contributed by atoms with E-state index in [4.69, 9.17) is 0 Å². The number of carbonyl (C=O) groups excluding carboxylic acids is 1. The molecule has 0 heterocycles. The molecule has 0 aromatic heterocycles. The Labute approximate surface area is 66.7 Å². The minimum Gasteiger partial charge on any atom is -0.467 e. The zero-order chi connectivity index (χ0) is 8.91. The lowest BCUT2D eigenvalue weighted by atomic mass is 10.0. The van der Waals surface area contributed by atoms with Crippen molar-refractivity contribution in [2.45, 2.75) is 38.8 Å². The van der Waals surface area contributed by atoms with E-state index in [9.17, 15) is 9.18 Å². The summed E-state index contributed by atoms with van der Waals surface area (Å²) in [5.41, 5.74) is -1.80. The number of carbonyl (C=O) groups is 1. The molecule has 0 bridgehead atoms. The smallest absolute Gasteiger partial charge is 0.343 e. The number of hydrogen-bond acceptors (Lipinski definition) is 2. The summed E-state index contributed by atoms with van der Waals surface area (Å²) in [6, 6.07) is 0. The van der Waals surface area contributed by atoms with Crippen molar-refractivity contribution in [2.24, 2.45) is 0 Å². The summed E-state index contributed by atoms with van der Waals surface area (Å²) >= 11 is 0. The normalized spacial score (nSPS) is 15.6. The number of halogens is 1. The van der Waals surface area contributed by atoms with Gasteiger partial charge in [0, 0.05) is 0 Å². The van der Waals surface area contributed by atoms with E-state index < -0.39 is 11.6 Å². The number of ether oxygens (including phenoxy) is 1. The van der Waals surface area contributed by atoms with Gasteiger partial charge in [-0.2, -0.15) is 0 Å². The van der Waals surface area contributed by atoms with Crippen LogP contribution < -0.4 is 0 Å². The van der Waals surface area contributed by atoms with Gasteiger partial charge in [-0.1, -0.05) is 13.3 Å². The largest absolute Gasteiger partial charge is 0.467 e. The molecule has 0 aliphatic heterocycles. The van der Waals surface area contributed by atoms with E-state index in [2.05, 4.69) is 4.74 Å². The molecule has 0 rings (SSSR count). The molecule has 0 aliphatic rings. The highest BCUT2D eigenvalue weighted by molar-refractivity contribution is 5.78. The molecule has 11 heavy (non-hydrogen) atoms. The van der Waals surface area contributed by atoms with Crippen molar-refractivity contribution in [3.8, 4) is 0 Å². The molecule has 1 atom stereocenters. The average molecular weight is 162 g/mol. The molecule has 0 radical (unpaired) electrons. The minimum atomic E-state index is -1.80. The van der Waals surface area contributed by atoms with Gasteiger partial charge in [0.25, 0.3) is 0 Å². The Kier molecular flexibility index (Phi) is 4.08. The van der Waals surface area contributed by atoms with Gasteiger partial charge in [-0.3, -0.25) is 0 Å². The van der Waals surface area contributed by atoms with Crippen LogP contribution in [0.5, 0.6) is 0 Å². The van der Waals surface area contributed by atoms with Gasteiger partial charge in [-0.15, -0.1) is 0 Å². The number of hydrogen-bond donors (Lipinski definition) is 0. The van der Waals surface area contributed by atoms with Gasteiger partial charge in [-0.05, 0) is 19.8 Å². The fourth-order valence-corrected chi connectivity index (χ4v) is 0.824. The van der Waals surface area contributed by atoms with Gasteiger partial charge in [-0.25, -0.2) is 9.18 Å². The van der Waals surface area contributed by atoms with Crippen molar-refractivity contribution >= 4 is 5.97 Å². The van der Waals surface area contributed by atoms with Gasteiger partial charge >= 0.3 is 5.97 Å². The number of alkyl halides is 1. The molecule has 2 nitrogen and oxygen atoms in total. The zero-order valence-electron chi connectivity index (χ0n) is 7.32. The van der Waals surface area contributed by atoms with Crippen LogP contribution in [0.1, 0.15) is 33.1 Å². The van der Waals surface area contributed by atoms with Crippen molar-refractivity contribution in [1.29, 1.82) is 0 Å². The summed E-state index contributed by atoms with van der Waals surface area (Å²) in [6.45, 7) is 3.21. The van der Waals surface area contributed by atoms with Crippen LogP contribution in [0.3, 0.4) is 0 Å². The third-order valence-corrected chi connectivity index (χ3v) is 1.61. The third-order valence-electron chi connectivity index (χ3n) is 1.61. The number of esters is 1. The highest BCUT2D eigenvalue weighted by Gasteiger charge is 2.32. The maximum Gasteiger partial charge on any atom is 0.343 e. The lowest BCUT2D eigenvalue weighted by Gasteiger charge is -2.16. The maximum atomic E-state index is 13.2. The molecule has 66 valence electrons. The molecular formula is C8H15FO2. The van der Waals surface area contributed by atoms with Gasteiger partial charge in [0.05, 0.1) is 7.11 Å². The van der Waals surface area contributed by atoms with E-state index >= 15 is 0 Å². The molecule has 0 saturated carbocycles. The lowest BCUT2D eigenvalue weighted by molar-refractivity contribution is -0.154. The van der Waals surface area contributed by atoms with Crippen LogP contribution in [0.4, 0.5) is 4.39 Å². The van der Waals surface area contributed by atoms with E-state index in [0.29, 0.717) is 6.42 Å². The van der Waals surface area contributed by atoms with Gasteiger partial charge in [0.2, 0.25) is 5.67 Å². The Morgan fingerprint density at radius 1 is 1.64 bits per heavy atom. The predicted molar refractivity (Wildman–Crippen MR) is 41.1 cm³/mol. The van der Waals surface area contributed by atoms with Crippen LogP contribution in [0.25, 0.3) is 0 Å². The standard InChI is InChI=1S/C8H15FO2/c1-4-5-6-8(2,9)7(10)11-3/h4-6H2,1-3H3/t8-/m1/s1. The summed E-state index contributed by atoms with van der Waals surface area (Å²) in [6.07, 6.45) is 1.84. The highest BCUT2D eigenvalue weighted by atomic mass is 19.1. The average Bonchev–Trinajstić information content (AvgIpc) is 1.99. The molecule has 0 saturated heterocycles. The summed E-state index contributed by atoms with van der Waals surface area (Å²) in [5, 5.41) is 0. The van der Waals surface area contributed by atoms with Crippen molar-refractivity contribution in [2.75, 3.05) is 7.11 Å². The summed E-state index contributed by atoms with van der Waals surface area (Å²) in [4.78, 5) is 10.7. The fraction of sp³-hybridized carbons (Fsp3) is 0.875. The van der Waals surface area contributed by atoms with Crippen LogP contribution in [0.15, 0.2) is 0 Å². The number of methoxy groups -OCH3 is 1. The molecule has 0 unspecified atom stereocenters. The van der Waals surface area contributed by atoms with Crippen molar-refractivity contribution in [3.05, 3.63) is 0 Å². The minimum absolute atomic E-state index is 0.246. The summed E-state index contributed by atoms with van der Waals surface area (Å²) < 4.78 is 17.5. The topological polar surface area (TPSA) is 26.3 Å². The van der Waals surface area contributed by atoms with E-state index in [1.54, 1.807) is 0 Å². The number of rotatable bonds is 4. The van der Waals surface area contributed by atoms with Gasteiger partial charge in [0.15, 0.2) is 0 Å². The van der Waals surface area contributed by atoms with E-state index in [0.717, 1.165) is 6.42 Å². The first-order valence-electron chi connectivity index (χ1n) is 3.82. The SMILES string of the molecule is CCCC[C@@](C)(F)C(=O)OC. The van der Waals surface area contributed by atoms with Crippen molar-refractivity contribution < 1.29 is 13.9 Å². The summed E-state index contributed by atoms with van der Waals surface area (Å²) in [7, 11) is 1.20. The quantitative estimate of drug-likeness (QED) is 0.591. The van der Waals surface area contributed by atoms with Crippen LogP contribution in [0.2, 0.25) is 0 Å². The first-order chi connectivity index (χ1) is 5.04. The predicted octanol–water partition coefficient (Wildman–Crippen LogP) is 2.08. The van der Waals surface area contributed by atoms with Gasteiger partial charge < -0.3 is 4.74 Å². The second-order valence-corrected chi connectivity index (χ2v) is 2.79. The monoisotopic (exact) mass is 162 g/mol. The van der Waals surface area contributed by atoms with E-state index in [1.807, 2.05) is 6.92 Å². The molecule has 0 spiro atoms. The molecule has 0 N–H and O–H groups in total. The molecule has 0 aromatic rings. The van der Waals surface area contributed by atoms with Crippen LogP contribution in [-0.2, 0) is 9.53 Å². The fourth-order valence-electron chi connectivity index (χ4n) is 0.824. The second-order valence-electron chi connectivity index (χ2n) is 2.79. The molecule has 3 heteroatoms. The second kappa shape index (κ2) is 4.31. The molecule has 0 aromatic carbocycles. The van der Waals surface area contributed by atoms with Gasteiger partial charge in [0.1, 0.15) is 0 Å². The maximum absolute atomic E-state index is 13.2. The lowest BCUT2D eigenvalue weighted by Crippen LogP contribution is -2.31. The van der Waals surface area contributed by atoms with E-state index in [-0.39, 0.29) is 6.42 Å². The van der Waals surface area contributed by atoms with Crippen LogP contribution >= 0.6 is 0 Å². The Bertz CT molecular complexity index is 132. The highest BCUT2D eigenvalue weighted by Crippen LogP contribution is 2.19. The molecular weight excluding hydrogens is 147 g/mol. The van der Waals surface area contributed by atoms with Crippen LogP contribution in [-0.4, -0.2) is 18.7 Å². The zero-order valence-corrected chi connectivity index (χ0v) is 7.32. The van der Waals surface area contributed by atoms with Crippen LogP contribution in [0, 0.1) is 0 Å². The van der Waals surface area contributed by atoms with E-state index in [1.165, 1.54) is 14.0 Å². The molecule has 0 fully saturated rings. The molecule has 0 amide bonds. The number of unbranched alkanes of at least 4 members (excludes halogenated alkanes) is 1.